The Kier molecular flexibility index (Phi) is 20.0. The zero-order chi connectivity index (χ0) is 29.8. The van der Waals surface area contributed by atoms with E-state index < -0.39 is 44.4 Å². The highest BCUT2D eigenvalue weighted by Gasteiger charge is 2.48. The Balaban J connectivity index is 2.11. The van der Waals surface area contributed by atoms with E-state index in [1.807, 2.05) is 0 Å². The molecule has 1 rings (SSSR count). The summed E-state index contributed by atoms with van der Waals surface area (Å²) in [6.07, 6.45) is 14.2. The molecule has 0 aliphatic carbocycles. The molecule has 6 atom stereocenters. The molecule has 0 saturated carbocycles. The molecule has 0 radical (unpaired) electrons. The summed E-state index contributed by atoms with van der Waals surface area (Å²) in [6.45, 7) is 5.79. The van der Waals surface area contributed by atoms with Gasteiger partial charge in [-0.1, -0.05) is 110 Å². The van der Waals surface area contributed by atoms with Crippen LogP contribution in [0.5, 0.6) is 0 Å². The second-order valence-corrected chi connectivity index (χ2v) is 12.5. The van der Waals surface area contributed by atoms with Gasteiger partial charge in [-0.3, -0.25) is 14.1 Å². The molecule has 2 N–H and O–H groups in total. The first kappa shape index (κ1) is 37.0. The van der Waals surface area contributed by atoms with Gasteiger partial charge in [0.05, 0.1) is 12.7 Å². The summed E-state index contributed by atoms with van der Waals surface area (Å²) in [7, 11) is -4.93. The minimum absolute atomic E-state index is 0.303. The fourth-order valence-corrected chi connectivity index (χ4v) is 5.84. The topological polar surface area (TPSA) is 129 Å². The molecule has 0 bridgehead atoms. The average Bonchev–Trinajstić information content (AvgIpc) is 2.88. The van der Waals surface area contributed by atoms with E-state index in [4.69, 9.17) is 14.0 Å². The summed E-state index contributed by atoms with van der Waals surface area (Å²) in [5, 5.41) is 0. The molecule has 0 amide bonds. The van der Waals surface area contributed by atoms with Crippen LogP contribution in [-0.4, -0.2) is 53.5 Å². The van der Waals surface area contributed by atoms with E-state index in [1.165, 1.54) is 71.1 Å². The molecule has 1 heterocycles. The maximum Gasteiger partial charge on any atom is 0.472 e. The van der Waals surface area contributed by atoms with Crippen molar-refractivity contribution in [3.05, 3.63) is 0 Å². The van der Waals surface area contributed by atoms with Crippen molar-refractivity contribution < 1.29 is 47.1 Å². The molecule has 0 aromatic carbocycles. The van der Waals surface area contributed by atoms with Gasteiger partial charge in [-0.25, -0.2) is 8.96 Å². The standard InChI is InChI=1S/C29H54FO9P/c1-23-24(2)28(37-25(3)32)29(39-40(33,34)35)38-27(23)26(30)20-18-16-14-12-10-8-6-4-5-7-9-11-13-15-17-19-21-36-22-31/h22-24,26-29H,4-21H2,1-3H3,(H2,33,34,35)/t23-,24-,26-,27?,28?,29-/m0/s1. The monoisotopic (exact) mass is 596 g/mol. The Morgan fingerprint density at radius 2 is 1.30 bits per heavy atom. The number of hydrogen-bond donors (Lipinski definition) is 2. The molecule has 40 heavy (non-hydrogen) atoms. The van der Waals surface area contributed by atoms with Gasteiger partial charge in [-0.2, -0.15) is 0 Å². The van der Waals surface area contributed by atoms with Gasteiger partial charge in [-0.05, 0) is 18.8 Å². The quantitative estimate of drug-likeness (QED) is 0.0516. The van der Waals surface area contributed by atoms with Crippen LogP contribution in [0, 0.1) is 11.8 Å². The van der Waals surface area contributed by atoms with Gasteiger partial charge in [-0.15, -0.1) is 0 Å². The highest BCUT2D eigenvalue weighted by Crippen LogP contribution is 2.44. The molecular formula is C29H54FO9P. The number of carbonyl (C=O) groups excluding carboxylic acids is 2. The molecule has 1 saturated heterocycles. The zero-order valence-electron chi connectivity index (χ0n) is 24.8. The number of unbranched alkanes of at least 4 members (excludes halogenated alkanes) is 15. The lowest BCUT2D eigenvalue weighted by atomic mass is 9.81. The van der Waals surface area contributed by atoms with Gasteiger partial charge in [0, 0.05) is 12.8 Å². The molecule has 1 aliphatic heterocycles. The van der Waals surface area contributed by atoms with E-state index in [9.17, 15) is 23.9 Å². The first-order valence-electron chi connectivity index (χ1n) is 15.3. The van der Waals surface area contributed by atoms with Gasteiger partial charge in [0.2, 0.25) is 6.29 Å². The van der Waals surface area contributed by atoms with Crippen molar-refractivity contribution in [2.45, 2.75) is 155 Å². The fourth-order valence-electron chi connectivity index (χ4n) is 5.40. The lowest BCUT2D eigenvalue weighted by Crippen LogP contribution is -2.54. The van der Waals surface area contributed by atoms with Crippen molar-refractivity contribution in [2.24, 2.45) is 11.8 Å². The van der Waals surface area contributed by atoms with Crippen LogP contribution in [0.2, 0.25) is 0 Å². The summed E-state index contributed by atoms with van der Waals surface area (Å²) in [5.74, 6) is -1.35. The molecule has 1 fully saturated rings. The molecule has 0 aromatic rings. The smallest absolute Gasteiger partial charge is 0.468 e. The van der Waals surface area contributed by atoms with Crippen LogP contribution in [-0.2, 0) is 32.9 Å². The highest BCUT2D eigenvalue weighted by molar-refractivity contribution is 7.46. The molecule has 236 valence electrons. The Labute approximate surface area is 240 Å². The second-order valence-electron chi connectivity index (χ2n) is 11.3. The van der Waals surface area contributed by atoms with E-state index >= 15 is 4.39 Å². The van der Waals surface area contributed by atoms with E-state index in [-0.39, 0.29) is 5.92 Å². The Bertz CT molecular complexity index is 720. The predicted octanol–water partition coefficient (Wildman–Crippen LogP) is 7.17. The van der Waals surface area contributed by atoms with Crippen molar-refractivity contribution in [2.75, 3.05) is 6.61 Å². The fraction of sp³-hybridized carbons (Fsp3) is 0.931. The van der Waals surface area contributed by atoms with Crippen molar-refractivity contribution in [1.82, 2.24) is 0 Å². The average molecular weight is 597 g/mol. The maximum absolute atomic E-state index is 15.1. The highest BCUT2D eigenvalue weighted by atomic mass is 31.2. The Hall–Kier alpha value is -1.06. The SMILES string of the molecule is CC(=O)OC1[C@H](OP(=O)(O)O)OC([C@@H](F)CCCCCCCCCCCCCCCCCCOC=O)[C@@H](C)[C@@H]1C. The first-order chi connectivity index (χ1) is 19.1. The lowest BCUT2D eigenvalue weighted by Gasteiger charge is -2.44. The van der Waals surface area contributed by atoms with Crippen molar-refractivity contribution in [3.63, 3.8) is 0 Å². The molecule has 9 nitrogen and oxygen atoms in total. The van der Waals surface area contributed by atoms with Crippen LogP contribution in [0.25, 0.3) is 0 Å². The molecular weight excluding hydrogens is 542 g/mol. The normalized spacial score (nSPS) is 24.0. The summed E-state index contributed by atoms with van der Waals surface area (Å²) in [6, 6.07) is 0. The van der Waals surface area contributed by atoms with Crippen molar-refractivity contribution in [1.29, 1.82) is 0 Å². The van der Waals surface area contributed by atoms with Crippen LogP contribution in [0.1, 0.15) is 130 Å². The Morgan fingerprint density at radius 3 is 1.73 bits per heavy atom. The third kappa shape index (κ3) is 17.0. The molecule has 0 aromatic heterocycles. The summed E-state index contributed by atoms with van der Waals surface area (Å²) < 4.78 is 46.8. The second kappa shape index (κ2) is 21.6. The van der Waals surface area contributed by atoms with Gasteiger partial charge < -0.3 is 24.0 Å². The molecule has 1 aliphatic rings. The van der Waals surface area contributed by atoms with Gasteiger partial charge in [0.1, 0.15) is 6.17 Å². The van der Waals surface area contributed by atoms with Crippen LogP contribution >= 0.6 is 7.82 Å². The number of esters is 1. The third-order valence-electron chi connectivity index (χ3n) is 7.89. The number of rotatable bonds is 24. The van der Waals surface area contributed by atoms with Crippen LogP contribution in [0.4, 0.5) is 4.39 Å². The summed E-state index contributed by atoms with van der Waals surface area (Å²) in [5.41, 5.74) is 0. The summed E-state index contributed by atoms with van der Waals surface area (Å²) >= 11 is 0. The number of hydrogen-bond acceptors (Lipinski definition) is 7. The molecule has 2 unspecified atom stereocenters. The van der Waals surface area contributed by atoms with Crippen LogP contribution < -0.4 is 0 Å². The minimum Gasteiger partial charge on any atom is -0.468 e. The first-order valence-corrected chi connectivity index (χ1v) is 16.9. The number of ether oxygens (including phenoxy) is 3. The van der Waals surface area contributed by atoms with Crippen molar-refractivity contribution in [3.8, 4) is 0 Å². The zero-order valence-corrected chi connectivity index (χ0v) is 25.7. The van der Waals surface area contributed by atoms with Crippen molar-refractivity contribution >= 4 is 20.3 Å². The van der Waals surface area contributed by atoms with Gasteiger partial charge in [0.25, 0.3) is 6.47 Å². The van der Waals surface area contributed by atoms with Gasteiger partial charge >= 0.3 is 13.8 Å². The van der Waals surface area contributed by atoms with Crippen LogP contribution in [0.15, 0.2) is 0 Å². The van der Waals surface area contributed by atoms with E-state index in [0.717, 1.165) is 32.1 Å². The largest absolute Gasteiger partial charge is 0.472 e. The number of carbonyl (C=O) groups is 2. The van der Waals surface area contributed by atoms with Crippen LogP contribution in [0.3, 0.4) is 0 Å². The van der Waals surface area contributed by atoms with E-state index in [2.05, 4.69) is 4.74 Å². The molecule has 0 spiro atoms. The van der Waals surface area contributed by atoms with E-state index in [0.29, 0.717) is 25.9 Å². The number of alkyl halides is 1. The van der Waals surface area contributed by atoms with Gasteiger partial charge in [0.15, 0.2) is 6.10 Å². The summed E-state index contributed by atoms with van der Waals surface area (Å²) in [4.78, 5) is 40.0. The molecule has 11 heteroatoms. The number of phosphoric ester groups is 1. The Morgan fingerprint density at radius 1 is 0.850 bits per heavy atom. The maximum atomic E-state index is 15.1. The lowest BCUT2D eigenvalue weighted by molar-refractivity contribution is -0.261. The third-order valence-corrected chi connectivity index (χ3v) is 8.37. The predicted molar refractivity (Wildman–Crippen MR) is 151 cm³/mol. The minimum atomic E-state index is -4.93. The van der Waals surface area contributed by atoms with E-state index in [1.54, 1.807) is 13.8 Å². The number of halogens is 1. The number of phosphoric acid groups is 1.